The van der Waals surface area contributed by atoms with Crippen LogP contribution in [0, 0.1) is 11.3 Å². The maximum atomic E-state index is 3.83. The summed E-state index contributed by atoms with van der Waals surface area (Å²) in [4.78, 5) is 0. The Labute approximate surface area is 101 Å². The molecule has 0 bridgehead atoms. The van der Waals surface area contributed by atoms with Crippen molar-refractivity contribution in [3.63, 3.8) is 0 Å². The molecule has 2 aliphatic rings. The van der Waals surface area contributed by atoms with E-state index in [-0.39, 0.29) is 0 Å². The van der Waals surface area contributed by atoms with Crippen LogP contribution in [0.4, 0.5) is 0 Å². The van der Waals surface area contributed by atoms with Crippen molar-refractivity contribution < 1.29 is 0 Å². The van der Waals surface area contributed by atoms with Crippen molar-refractivity contribution in [3.05, 3.63) is 0 Å². The van der Waals surface area contributed by atoms with Gasteiger partial charge in [0.15, 0.2) is 0 Å². The third kappa shape index (κ3) is 3.23. The van der Waals surface area contributed by atoms with Gasteiger partial charge in [0.2, 0.25) is 0 Å². The van der Waals surface area contributed by atoms with E-state index in [4.69, 9.17) is 0 Å². The second-order valence-electron chi connectivity index (χ2n) is 6.55. The van der Waals surface area contributed by atoms with E-state index in [1.54, 1.807) is 0 Å². The highest BCUT2D eigenvalue weighted by atomic mass is 14.9. The Morgan fingerprint density at radius 2 is 1.81 bits per heavy atom. The van der Waals surface area contributed by atoms with Crippen LogP contribution in [0.2, 0.25) is 0 Å². The molecule has 16 heavy (non-hydrogen) atoms. The maximum absolute atomic E-state index is 3.83. The van der Waals surface area contributed by atoms with Crippen molar-refractivity contribution >= 4 is 0 Å². The molecule has 0 unspecified atom stereocenters. The lowest BCUT2D eigenvalue weighted by molar-refractivity contribution is 0.142. The smallest absolute Gasteiger partial charge is 0.00674 e. The molecule has 0 aromatic rings. The molecule has 0 spiro atoms. The zero-order valence-electron chi connectivity index (χ0n) is 11.2. The minimum atomic E-state index is 0.653. The minimum Gasteiger partial charge on any atom is -0.313 e. The molecule has 0 aromatic carbocycles. The summed E-state index contributed by atoms with van der Waals surface area (Å²) in [6, 6.07) is 0.838. The molecule has 1 heteroatoms. The van der Waals surface area contributed by atoms with Gasteiger partial charge in [-0.3, -0.25) is 0 Å². The summed E-state index contributed by atoms with van der Waals surface area (Å²) < 4.78 is 0. The largest absolute Gasteiger partial charge is 0.313 e. The summed E-state index contributed by atoms with van der Waals surface area (Å²) in [5.41, 5.74) is 0.653. The zero-order chi connectivity index (χ0) is 11.4. The van der Waals surface area contributed by atoms with Gasteiger partial charge in [-0.15, -0.1) is 0 Å². The predicted molar refractivity (Wildman–Crippen MR) is 70.6 cm³/mol. The molecule has 0 aliphatic heterocycles. The van der Waals surface area contributed by atoms with Gasteiger partial charge in [-0.1, -0.05) is 33.1 Å². The van der Waals surface area contributed by atoms with E-state index in [1.165, 1.54) is 64.3 Å². The normalized spacial score (nSPS) is 33.4. The topological polar surface area (TPSA) is 12.0 Å². The minimum absolute atomic E-state index is 0.653. The number of hydrogen-bond donors (Lipinski definition) is 1. The first-order valence-corrected chi connectivity index (χ1v) is 7.45. The van der Waals surface area contributed by atoms with Gasteiger partial charge < -0.3 is 5.32 Å². The lowest BCUT2D eigenvalue weighted by atomic mass is 9.70. The monoisotopic (exact) mass is 223 g/mol. The Morgan fingerprint density at radius 1 is 1.12 bits per heavy atom. The maximum Gasteiger partial charge on any atom is 0.00674 e. The third-order valence-electron chi connectivity index (χ3n) is 4.92. The van der Waals surface area contributed by atoms with Gasteiger partial charge in [-0.25, -0.2) is 0 Å². The van der Waals surface area contributed by atoms with Crippen molar-refractivity contribution in [2.75, 3.05) is 6.54 Å². The molecule has 2 aliphatic carbocycles. The molecule has 2 saturated carbocycles. The Hall–Kier alpha value is -0.0400. The second-order valence-corrected chi connectivity index (χ2v) is 6.55. The SMILES string of the molecule is CCCC1CCC(NCC2(C)CCC2)CC1. The summed E-state index contributed by atoms with van der Waals surface area (Å²) in [5, 5.41) is 3.83. The van der Waals surface area contributed by atoms with Gasteiger partial charge in [0.05, 0.1) is 0 Å². The van der Waals surface area contributed by atoms with Gasteiger partial charge in [-0.05, 0) is 49.9 Å². The number of rotatable bonds is 5. The quantitative estimate of drug-likeness (QED) is 0.739. The first-order valence-electron chi connectivity index (χ1n) is 7.45. The van der Waals surface area contributed by atoms with E-state index in [0.717, 1.165) is 12.0 Å². The average molecular weight is 223 g/mol. The van der Waals surface area contributed by atoms with E-state index < -0.39 is 0 Å². The summed E-state index contributed by atoms with van der Waals surface area (Å²) >= 11 is 0. The molecule has 0 aromatic heterocycles. The third-order valence-corrected chi connectivity index (χ3v) is 4.92. The van der Waals surface area contributed by atoms with Crippen LogP contribution in [-0.4, -0.2) is 12.6 Å². The standard InChI is InChI=1S/C15H29N/c1-3-5-13-6-8-14(9-7-13)16-12-15(2)10-4-11-15/h13-14,16H,3-12H2,1-2H3. The number of hydrogen-bond acceptors (Lipinski definition) is 1. The molecule has 0 saturated heterocycles. The van der Waals surface area contributed by atoms with Crippen molar-refractivity contribution in [2.45, 2.75) is 77.7 Å². The van der Waals surface area contributed by atoms with Gasteiger partial charge in [-0.2, -0.15) is 0 Å². The molecular formula is C15H29N. The van der Waals surface area contributed by atoms with Crippen LogP contribution >= 0.6 is 0 Å². The van der Waals surface area contributed by atoms with Gasteiger partial charge in [0.1, 0.15) is 0 Å². The van der Waals surface area contributed by atoms with E-state index in [2.05, 4.69) is 19.2 Å². The van der Waals surface area contributed by atoms with Crippen molar-refractivity contribution in [1.29, 1.82) is 0 Å². The Morgan fingerprint density at radius 3 is 2.31 bits per heavy atom. The highest BCUT2D eigenvalue weighted by molar-refractivity contribution is 4.87. The van der Waals surface area contributed by atoms with Crippen LogP contribution < -0.4 is 5.32 Å². The lowest BCUT2D eigenvalue weighted by Gasteiger charge is -2.40. The van der Waals surface area contributed by atoms with Gasteiger partial charge in [0.25, 0.3) is 0 Å². The molecular weight excluding hydrogens is 194 g/mol. The Bertz CT molecular complexity index is 199. The molecule has 2 rings (SSSR count). The highest BCUT2D eigenvalue weighted by Crippen LogP contribution is 2.40. The van der Waals surface area contributed by atoms with Crippen LogP contribution in [0.3, 0.4) is 0 Å². The van der Waals surface area contributed by atoms with Crippen molar-refractivity contribution in [2.24, 2.45) is 11.3 Å². The highest BCUT2D eigenvalue weighted by Gasteiger charge is 2.32. The molecule has 1 N–H and O–H groups in total. The lowest BCUT2D eigenvalue weighted by Crippen LogP contribution is -2.43. The fourth-order valence-corrected chi connectivity index (χ4v) is 3.41. The van der Waals surface area contributed by atoms with E-state index >= 15 is 0 Å². The summed E-state index contributed by atoms with van der Waals surface area (Å²) in [7, 11) is 0. The zero-order valence-corrected chi connectivity index (χ0v) is 11.2. The van der Waals surface area contributed by atoms with Crippen molar-refractivity contribution in [3.8, 4) is 0 Å². The first kappa shape index (κ1) is 12.4. The van der Waals surface area contributed by atoms with Crippen LogP contribution in [0.1, 0.15) is 71.6 Å². The summed E-state index contributed by atoms with van der Waals surface area (Å²) in [5.74, 6) is 1.04. The Balaban J connectivity index is 1.61. The van der Waals surface area contributed by atoms with E-state index in [9.17, 15) is 0 Å². The molecule has 2 fully saturated rings. The average Bonchev–Trinajstić information content (AvgIpc) is 2.26. The fourth-order valence-electron chi connectivity index (χ4n) is 3.41. The van der Waals surface area contributed by atoms with Crippen molar-refractivity contribution in [1.82, 2.24) is 5.32 Å². The summed E-state index contributed by atoms with van der Waals surface area (Å²) in [6.07, 6.45) is 13.0. The van der Waals surface area contributed by atoms with Crippen LogP contribution in [0.15, 0.2) is 0 Å². The molecule has 0 amide bonds. The predicted octanol–water partition coefficient (Wildman–Crippen LogP) is 4.13. The van der Waals surface area contributed by atoms with Crippen LogP contribution in [0.5, 0.6) is 0 Å². The molecule has 0 heterocycles. The van der Waals surface area contributed by atoms with E-state index in [1.807, 2.05) is 0 Å². The van der Waals surface area contributed by atoms with Gasteiger partial charge >= 0.3 is 0 Å². The van der Waals surface area contributed by atoms with Gasteiger partial charge in [0, 0.05) is 12.6 Å². The summed E-state index contributed by atoms with van der Waals surface area (Å²) in [6.45, 7) is 6.05. The molecule has 0 radical (unpaired) electrons. The first-order chi connectivity index (χ1) is 7.72. The van der Waals surface area contributed by atoms with E-state index in [0.29, 0.717) is 5.41 Å². The molecule has 0 atom stereocenters. The second kappa shape index (κ2) is 5.53. The van der Waals surface area contributed by atoms with Crippen LogP contribution in [0.25, 0.3) is 0 Å². The number of nitrogens with one attached hydrogen (secondary N) is 1. The Kier molecular flexibility index (Phi) is 4.29. The molecule has 94 valence electrons. The fraction of sp³-hybridized carbons (Fsp3) is 1.00. The van der Waals surface area contributed by atoms with Crippen LogP contribution in [-0.2, 0) is 0 Å². The molecule has 1 nitrogen and oxygen atoms in total.